The summed E-state index contributed by atoms with van der Waals surface area (Å²) in [6, 6.07) is 17.6. The second kappa shape index (κ2) is 11.9. The summed E-state index contributed by atoms with van der Waals surface area (Å²) in [5.74, 6) is -0.0194. The molecule has 0 spiro atoms. The molecule has 3 N–H and O–H groups in total. The van der Waals surface area contributed by atoms with Gasteiger partial charge in [0.25, 0.3) is 0 Å². The van der Waals surface area contributed by atoms with Crippen LogP contribution < -0.4 is 10.6 Å². The van der Waals surface area contributed by atoms with Gasteiger partial charge >= 0.3 is 6.09 Å². The zero-order valence-corrected chi connectivity index (χ0v) is 17.0. The lowest BCUT2D eigenvalue weighted by atomic mass is 10.0. The Hall–Kier alpha value is -2.86. The highest BCUT2D eigenvalue weighted by Crippen LogP contribution is 2.08. The van der Waals surface area contributed by atoms with E-state index < -0.39 is 12.1 Å². The second-order valence-electron chi connectivity index (χ2n) is 7.47. The molecule has 2 atom stereocenters. The van der Waals surface area contributed by atoms with Gasteiger partial charge in [0.2, 0.25) is 5.91 Å². The van der Waals surface area contributed by atoms with Gasteiger partial charge in [0, 0.05) is 6.42 Å². The average Bonchev–Trinajstić information content (AvgIpc) is 2.72. The van der Waals surface area contributed by atoms with Crippen LogP contribution in [-0.4, -0.2) is 35.8 Å². The third-order valence-corrected chi connectivity index (χ3v) is 4.43. The number of carbonyl (C=O) groups excluding carboxylic acids is 2. The highest BCUT2D eigenvalue weighted by Gasteiger charge is 2.24. The van der Waals surface area contributed by atoms with E-state index in [2.05, 4.69) is 10.6 Å². The Balaban J connectivity index is 2.01. The average molecular weight is 399 g/mol. The molecular formula is C23H30N2O4. The van der Waals surface area contributed by atoms with Gasteiger partial charge in [-0.3, -0.25) is 4.79 Å². The quantitative estimate of drug-likeness (QED) is 0.574. The molecule has 0 aromatic heterocycles. The fourth-order valence-electron chi connectivity index (χ4n) is 3.02. The summed E-state index contributed by atoms with van der Waals surface area (Å²) in [4.78, 5) is 25.1. The van der Waals surface area contributed by atoms with E-state index in [-0.39, 0.29) is 25.2 Å². The number of carbonyl (C=O) groups is 2. The molecule has 0 unspecified atom stereocenters. The lowest BCUT2D eigenvalue weighted by molar-refractivity contribution is -0.124. The number of hydrogen-bond acceptors (Lipinski definition) is 4. The zero-order chi connectivity index (χ0) is 21.1. The Kier molecular flexibility index (Phi) is 9.18. The fourth-order valence-corrected chi connectivity index (χ4v) is 3.02. The van der Waals surface area contributed by atoms with E-state index in [1.54, 1.807) is 0 Å². The van der Waals surface area contributed by atoms with E-state index in [0.29, 0.717) is 18.8 Å². The minimum atomic E-state index is -0.804. The molecule has 156 valence electrons. The van der Waals surface area contributed by atoms with Crippen LogP contribution in [0.3, 0.4) is 0 Å². The van der Waals surface area contributed by atoms with Gasteiger partial charge in [0.15, 0.2) is 0 Å². The summed E-state index contributed by atoms with van der Waals surface area (Å²) < 4.78 is 5.26. The van der Waals surface area contributed by atoms with E-state index in [4.69, 9.17) is 4.74 Å². The summed E-state index contributed by atoms with van der Waals surface area (Å²) in [6.07, 6.45) is 0.320. The Morgan fingerprint density at radius 3 is 2.07 bits per heavy atom. The molecule has 29 heavy (non-hydrogen) atoms. The van der Waals surface area contributed by atoms with Gasteiger partial charge in [-0.1, -0.05) is 74.5 Å². The number of amides is 2. The molecule has 6 nitrogen and oxygen atoms in total. The first-order valence-electron chi connectivity index (χ1n) is 9.90. The Labute approximate surface area is 172 Å². The van der Waals surface area contributed by atoms with Crippen LogP contribution in [0.2, 0.25) is 0 Å². The minimum absolute atomic E-state index is 0.124. The number of hydrogen-bond donors (Lipinski definition) is 3. The first kappa shape index (κ1) is 22.4. The third kappa shape index (κ3) is 8.35. The van der Waals surface area contributed by atoms with Gasteiger partial charge in [-0.25, -0.2) is 4.79 Å². The summed E-state index contributed by atoms with van der Waals surface area (Å²) in [5, 5.41) is 15.1. The third-order valence-electron chi connectivity index (χ3n) is 4.43. The normalized spacial score (nSPS) is 12.8. The molecule has 2 amide bonds. The standard InChI is InChI=1S/C23H30N2O4/c1-17(2)13-20(15-26)24-22(27)21(14-18-9-5-3-6-10-18)25-23(28)29-16-19-11-7-4-8-12-19/h3-12,17,20-21,26H,13-16H2,1-2H3,(H,24,27)(H,25,28)/t20-,21-/m0/s1. The molecule has 2 rings (SSSR count). The molecule has 0 saturated heterocycles. The van der Waals surface area contributed by atoms with E-state index >= 15 is 0 Å². The molecule has 0 fully saturated rings. The molecule has 0 aliphatic rings. The highest BCUT2D eigenvalue weighted by atomic mass is 16.5. The van der Waals surface area contributed by atoms with Crippen molar-refractivity contribution < 1.29 is 19.4 Å². The predicted molar refractivity (Wildman–Crippen MR) is 112 cm³/mol. The summed E-state index contributed by atoms with van der Waals surface area (Å²) >= 11 is 0. The lowest BCUT2D eigenvalue weighted by Gasteiger charge is -2.23. The molecular weight excluding hydrogens is 368 g/mol. The van der Waals surface area contributed by atoms with Crippen molar-refractivity contribution >= 4 is 12.0 Å². The molecule has 0 saturated carbocycles. The van der Waals surface area contributed by atoms with Crippen molar-refractivity contribution in [3.05, 3.63) is 71.8 Å². The highest BCUT2D eigenvalue weighted by molar-refractivity contribution is 5.86. The van der Waals surface area contributed by atoms with Crippen LogP contribution in [0.1, 0.15) is 31.4 Å². The van der Waals surface area contributed by atoms with E-state index in [9.17, 15) is 14.7 Å². The molecule has 0 heterocycles. The van der Waals surface area contributed by atoms with Crippen LogP contribution in [0.5, 0.6) is 0 Å². The topological polar surface area (TPSA) is 87.7 Å². The molecule has 0 bridgehead atoms. The van der Waals surface area contributed by atoms with Crippen LogP contribution in [0, 0.1) is 5.92 Å². The first-order chi connectivity index (χ1) is 14.0. The number of alkyl carbamates (subject to hydrolysis) is 1. The lowest BCUT2D eigenvalue weighted by Crippen LogP contribution is -2.51. The molecule has 6 heteroatoms. The Morgan fingerprint density at radius 2 is 1.52 bits per heavy atom. The number of aliphatic hydroxyl groups is 1. The maximum atomic E-state index is 12.8. The van der Waals surface area contributed by atoms with Gasteiger partial charge in [-0.2, -0.15) is 0 Å². The maximum Gasteiger partial charge on any atom is 0.408 e. The number of nitrogens with one attached hydrogen (secondary N) is 2. The fraction of sp³-hybridized carbons (Fsp3) is 0.391. The number of ether oxygens (including phenoxy) is 1. The van der Waals surface area contributed by atoms with Crippen molar-refractivity contribution in [1.29, 1.82) is 0 Å². The zero-order valence-electron chi connectivity index (χ0n) is 17.0. The number of aliphatic hydroxyl groups excluding tert-OH is 1. The van der Waals surface area contributed by atoms with Gasteiger partial charge in [0.1, 0.15) is 12.6 Å². The Morgan fingerprint density at radius 1 is 0.931 bits per heavy atom. The summed E-state index contributed by atoms with van der Waals surface area (Å²) in [5.41, 5.74) is 1.78. The van der Waals surface area contributed by atoms with Crippen molar-refractivity contribution in [3.8, 4) is 0 Å². The molecule has 0 radical (unpaired) electrons. The molecule has 2 aromatic carbocycles. The molecule has 2 aromatic rings. The SMILES string of the molecule is CC(C)C[C@@H](CO)NC(=O)[C@H](Cc1ccccc1)NC(=O)OCc1ccccc1. The van der Waals surface area contributed by atoms with Crippen molar-refractivity contribution in [3.63, 3.8) is 0 Å². The first-order valence-corrected chi connectivity index (χ1v) is 9.90. The molecule has 0 aliphatic heterocycles. The maximum absolute atomic E-state index is 12.8. The van der Waals surface area contributed by atoms with Crippen LogP contribution in [0.25, 0.3) is 0 Å². The van der Waals surface area contributed by atoms with Crippen molar-refractivity contribution in [2.24, 2.45) is 5.92 Å². The summed E-state index contributed by atoms with van der Waals surface area (Å²) in [7, 11) is 0. The van der Waals surface area contributed by atoms with Crippen LogP contribution in [-0.2, 0) is 22.6 Å². The smallest absolute Gasteiger partial charge is 0.408 e. The van der Waals surface area contributed by atoms with E-state index in [0.717, 1.165) is 11.1 Å². The Bertz CT molecular complexity index is 750. The molecule has 0 aliphatic carbocycles. The van der Waals surface area contributed by atoms with Gasteiger partial charge in [0.05, 0.1) is 12.6 Å². The van der Waals surface area contributed by atoms with E-state index in [1.807, 2.05) is 74.5 Å². The van der Waals surface area contributed by atoms with E-state index in [1.165, 1.54) is 0 Å². The van der Waals surface area contributed by atoms with Crippen molar-refractivity contribution in [1.82, 2.24) is 10.6 Å². The van der Waals surface area contributed by atoms with Gasteiger partial charge < -0.3 is 20.5 Å². The van der Waals surface area contributed by atoms with Crippen LogP contribution in [0.15, 0.2) is 60.7 Å². The number of benzene rings is 2. The monoisotopic (exact) mass is 398 g/mol. The van der Waals surface area contributed by atoms with Crippen LogP contribution in [0.4, 0.5) is 4.79 Å². The minimum Gasteiger partial charge on any atom is -0.445 e. The largest absolute Gasteiger partial charge is 0.445 e. The predicted octanol–water partition coefficient (Wildman–Crippen LogP) is 3.05. The van der Waals surface area contributed by atoms with Crippen molar-refractivity contribution in [2.45, 2.75) is 45.4 Å². The van der Waals surface area contributed by atoms with Crippen LogP contribution >= 0.6 is 0 Å². The second-order valence-corrected chi connectivity index (χ2v) is 7.47. The van der Waals surface area contributed by atoms with Crippen molar-refractivity contribution in [2.75, 3.05) is 6.61 Å². The van der Waals surface area contributed by atoms with Gasteiger partial charge in [-0.05, 0) is 23.5 Å². The summed E-state index contributed by atoms with van der Waals surface area (Å²) in [6.45, 7) is 4.02. The van der Waals surface area contributed by atoms with Gasteiger partial charge in [-0.15, -0.1) is 0 Å². The number of rotatable bonds is 10.